The maximum absolute atomic E-state index is 12.4. The number of carboxylic acid groups (broad SMARTS) is 1. The molecule has 112 valence electrons. The highest BCUT2D eigenvalue weighted by molar-refractivity contribution is 9.10. The predicted molar refractivity (Wildman–Crippen MR) is 75.7 cm³/mol. The van der Waals surface area contributed by atoms with Crippen LogP contribution in [0.2, 0.25) is 0 Å². The molecule has 0 radical (unpaired) electrons. The van der Waals surface area contributed by atoms with E-state index in [-0.39, 0.29) is 20.8 Å². The van der Waals surface area contributed by atoms with Crippen molar-refractivity contribution in [3.8, 4) is 0 Å². The number of aryl methyl sites for hydroxylation is 1. The first-order chi connectivity index (χ1) is 9.83. The number of rotatable bonds is 5. The smallest absolute Gasteiger partial charge is 0.335 e. The minimum atomic E-state index is -3.79. The van der Waals surface area contributed by atoms with Gasteiger partial charge in [-0.2, -0.15) is 4.98 Å². The van der Waals surface area contributed by atoms with Gasteiger partial charge in [-0.25, -0.2) is 13.2 Å². The maximum Gasteiger partial charge on any atom is 0.335 e. The van der Waals surface area contributed by atoms with E-state index in [2.05, 4.69) is 26.1 Å². The second kappa shape index (κ2) is 5.94. The van der Waals surface area contributed by atoms with E-state index in [4.69, 9.17) is 9.63 Å². The van der Waals surface area contributed by atoms with Crippen molar-refractivity contribution in [2.75, 3.05) is 0 Å². The van der Waals surface area contributed by atoms with Crippen molar-refractivity contribution in [2.45, 2.75) is 24.0 Å². The second-order valence-electron chi connectivity index (χ2n) is 4.17. The lowest BCUT2D eigenvalue weighted by atomic mass is 10.2. The highest BCUT2D eigenvalue weighted by Crippen LogP contribution is 2.26. The van der Waals surface area contributed by atoms with Gasteiger partial charge >= 0.3 is 5.97 Å². The Hall–Kier alpha value is -1.74. The molecule has 0 aliphatic rings. The molecular weight excluding hydrogens is 364 g/mol. The Bertz CT molecular complexity index is 785. The Morgan fingerprint density at radius 3 is 2.71 bits per heavy atom. The Kier molecular flexibility index (Phi) is 4.43. The second-order valence-corrected chi connectivity index (χ2v) is 6.98. The number of sulfone groups is 1. The first kappa shape index (κ1) is 15.6. The Morgan fingerprint density at radius 2 is 2.14 bits per heavy atom. The lowest BCUT2D eigenvalue weighted by molar-refractivity contribution is 0.0696. The van der Waals surface area contributed by atoms with Crippen molar-refractivity contribution in [1.82, 2.24) is 10.1 Å². The van der Waals surface area contributed by atoms with Crippen molar-refractivity contribution < 1.29 is 22.8 Å². The van der Waals surface area contributed by atoms with Gasteiger partial charge in [0.05, 0.1) is 10.5 Å². The number of carboxylic acids is 1. The third-order valence-corrected chi connectivity index (χ3v) is 5.25. The van der Waals surface area contributed by atoms with Gasteiger partial charge in [0.15, 0.2) is 15.7 Å². The van der Waals surface area contributed by atoms with E-state index in [9.17, 15) is 13.2 Å². The fourth-order valence-corrected chi connectivity index (χ4v) is 3.89. The monoisotopic (exact) mass is 374 g/mol. The van der Waals surface area contributed by atoms with E-state index < -0.39 is 21.6 Å². The van der Waals surface area contributed by atoms with Gasteiger partial charge in [0.2, 0.25) is 5.89 Å². The van der Waals surface area contributed by atoms with Crippen LogP contribution in [0, 0.1) is 0 Å². The molecule has 0 aliphatic carbocycles. The summed E-state index contributed by atoms with van der Waals surface area (Å²) in [6.07, 6.45) is 0.505. The topological polar surface area (TPSA) is 110 Å². The van der Waals surface area contributed by atoms with Gasteiger partial charge in [0, 0.05) is 10.9 Å². The van der Waals surface area contributed by atoms with Crippen molar-refractivity contribution in [2.24, 2.45) is 0 Å². The van der Waals surface area contributed by atoms with Gasteiger partial charge in [-0.3, -0.25) is 0 Å². The largest absolute Gasteiger partial charge is 0.478 e. The van der Waals surface area contributed by atoms with Crippen molar-refractivity contribution in [3.05, 3.63) is 40.0 Å². The molecule has 0 spiro atoms. The molecule has 0 saturated carbocycles. The number of aromatic nitrogens is 2. The van der Waals surface area contributed by atoms with Crippen molar-refractivity contribution >= 4 is 31.7 Å². The number of aromatic carboxylic acids is 1. The molecule has 0 unspecified atom stereocenters. The molecule has 0 atom stereocenters. The summed E-state index contributed by atoms with van der Waals surface area (Å²) in [5.74, 6) is -1.28. The first-order valence-corrected chi connectivity index (χ1v) is 8.35. The quantitative estimate of drug-likeness (QED) is 0.852. The van der Waals surface area contributed by atoms with Crippen LogP contribution < -0.4 is 0 Å². The molecule has 0 fully saturated rings. The lowest BCUT2D eigenvalue weighted by Crippen LogP contribution is -2.09. The number of hydrogen-bond acceptors (Lipinski definition) is 6. The van der Waals surface area contributed by atoms with E-state index in [1.165, 1.54) is 12.1 Å². The minimum Gasteiger partial charge on any atom is -0.478 e. The zero-order valence-corrected chi connectivity index (χ0v) is 13.3. The minimum absolute atomic E-state index is 0.0412. The predicted octanol–water partition coefficient (Wildman–Crippen LogP) is 2.07. The zero-order chi connectivity index (χ0) is 15.6. The molecule has 0 bridgehead atoms. The molecule has 21 heavy (non-hydrogen) atoms. The van der Waals surface area contributed by atoms with Crippen LogP contribution in [0.25, 0.3) is 0 Å². The molecule has 1 aromatic carbocycles. The third kappa shape index (κ3) is 3.48. The summed E-state index contributed by atoms with van der Waals surface area (Å²) < 4.78 is 29.8. The Labute approximate surface area is 129 Å². The molecule has 2 rings (SSSR count). The van der Waals surface area contributed by atoms with Gasteiger partial charge in [0.25, 0.3) is 0 Å². The molecule has 1 aromatic heterocycles. The average molecular weight is 375 g/mol. The van der Waals surface area contributed by atoms with Crippen LogP contribution >= 0.6 is 15.9 Å². The summed E-state index contributed by atoms with van der Waals surface area (Å²) in [7, 11) is -3.79. The fraction of sp³-hybridized carbons (Fsp3) is 0.250. The van der Waals surface area contributed by atoms with Gasteiger partial charge < -0.3 is 9.63 Å². The third-order valence-electron chi connectivity index (χ3n) is 2.64. The molecule has 2 aromatic rings. The summed E-state index contributed by atoms with van der Waals surface area (Å²) in [6.45, 7) is 1.80. The first-order valence-electron chi connectivity index (χ1n) is 5.90. The van der Waals surface area contributed by atoms with Gasteiger partial charge in [0.1, 0.15) is 5.75 Å². The number of hydrogen-bond donors (Lipinski definition) is 1. The molecule has 0 aliphatic heterocycles. The SMILES string of the molecule is CCc1nc(CS(=O)(=O)c2cc(C(=O)O)ccc2Br)no1. The molecule has 0 amide bonds. The number of nitrogens with zero attached hydrogens (tertiary/aromatic N) is 2. The Balaban J connectivity index is 2.39. The van der Waals surface area contributed by atoms with Gasteiger partial charge in [-0.15, -0.1) is 0 Å². The average Bonchev–Trinajstić information content (AvgIpc) is 2.85. The summed E-state index contributed by atoms with van der Waals surface area (Å²) in [5, 5.41) is 12.5. The van der Waals surface area contributed by atoms with Crippen LogP contribution in [0.5, 0.6) is 0 Å². The molecule has 7 nitrogen and oxygen atoms in total. The molecule has 1 N–H and O–H groups in total. The molecule has 9 heteroatoms. The van der Waals surface area contributed by atoms with Crippen molar-refractivity contribution in [3.63, 3.8) is 0 Å². The summed E-state index contributed by atoms with van der Waals surface area (Å²) in [6, 6.07) is 3.79. The van der Waals surface area contributed by atoms with E-state index >= 15 is 0 Å². The summed E-state index contributed by atoms with van der Waals surface area (Å²) >= 11 is 3.11. The highest BCUT2D eigenvalue weighted by atomic mass is 79.9. The van der Waals surface area contributed by atoms with E-state index in [1.807, 2.05) is 0 Å². The van der Waals surface area contributed by atoms with Crippen LogP contribution in [-0.2, 0) is 22.0 Å². The van der Waals surface area contributed by atoms with Crippen LogP contribution in [0.15, 0.2) is 32.1 Å². The van der Waals surface area contributed by atoms with Gasteiger partial charge in [-0.05, 0) is 34.1 Å². The highest BCUT2D eigenvalue weighted by Gasteiger charge is 2.23. The molecule has 0 saturated heterocycles. The molecule has 1 heterocycles. The number of carbonyl (C=O) groups is 1. The van der Waals surface area contributed by atoms with E-state index in [1.54, 1.807) is 6.92 Å². The van der Waals surface area contributed by atoms with Crippen LogP contribution in [-0.4, -0.2) is 29.6 Å². The maximum atomic E-state index is 12.4. The lowest BCUT2D eigenvalue weighted by Gasteiger charge is -2.06. The Morgan fingerprint density at radius 1 is 1.43 bits per heavy atom. The molecular formula is C12H11BrN2O5S. The van der Waals surface area contributed by atoms with Crippen molar-refractivity contribution in [1.29, 1.82) is 0 Å². The number of benzene rings is 1. The van der Waals surface area contributed by atoms with Crippen LogP contribution in [0.3, 0.4) is 0 Å². The zero-order valence-electron chi connectivity index (χ0n) is 10.9. The van der Waals surface area contributed by atoms with E-state index in [0.29, 0.717) is 12.3 Å². The fourth-order valence-electron chi connectivity index (χ4n) is 1.61. The number of halogens is 1. The standard InChI is InChI=1S/C12H11BrN2O5S/c1-2-11-14-10(15-20-11)6-21(18,19)9-5-7(12(16)17)3-4-8(9)13/h3-5H,2,6H2,1H3,(H,16,17). The van der Waals surface area contributed by atoms with Gasteiger partial charge in [-0.1, -0.05) is 12.1 Å². The normalized spacial score (nSPS) is 11.5. The van der Waals surface area contributed by atoms with Crippen LogP contribution in [0.4, 0.5) is 0 Å². The van der Waals surface area contributed by atoms with E-state index in [0.717, 1.165) is 6.07 Å². The summed E-state index contributed by atoms with van der Waals surface area (Å²) in [5.41, 5.74) is -0.112. The van der Waals surface area contributed by atoms with Crippen LogP contribution in [0.1, 0.15) is 29.0 Å². The summed E-state index contributed by atoms with van der Waals surface area (Å²) in [4.78, 5) is 14.8.